The monoisotopic (exact) mass is 485 g/mol. The number of benzene rings is 2. The lowest BCUT2D eigenvalue weighted by atomic mass is 9.93. The quantitative estimate of drug-likeness (QED) is 0.328. The van der Waals surface area contributed by atoms with Crippen LogP contribution >= 0.6 is 0 Å². The van der Waals surface area contributed by atoms with Crippen LogP contribution < -0.4 is 5.32 Å². The van der Waals surface area contributed by atoms with Gasteiger partial charge in [0.1, 0.15) is 0 Å². The van der Waals surface area contributed by atoms with Gasteiger partial charge in [-0.15, -0.1) is 0 Å². The van der Waals surface area contributed by atoms with Crippen molar-refractivity contribution in [3.8, 4) is 11.3 Å². The van der Waals surface area contributed by atoms with Crippen molar-refractivity contribution in [3.63, 3.8) is 0 Å². The Morgan fingerprint density at radius 2 is 1.72 bits per heavy atom. The van der Waals surface area contributed by atoms with E-state index < -0.39 is 0 Å². The Bertz CT molecular complexity index is 1170. The molecule has 0 fully saturated rings. The first-order valence-corrected chi connectivity index (χ1v) is 13.9. The predicted molar refractivity (Wildman–Crippen MR) is 150 cm³/mol. The predicted octanol–water partition coefficient (Wildman–Crippen LogP) is 7.29. The molecule has 0 saturated carbocycles. The van der Waals surface area contributed by atoms with Gasteiger partial charge >= 0.3 is 0 Å². The lowest BCUT2D eigenvalue weighted by molar-refractivity contribution is 0.0940. The average molecular weight is 486 g/mol. The summed E-state index contributed by atoms with van der Waals surface area (Å²) >= 11 is 0. The molecule has 3 aromatic rings. The molecule has 1 atom stereocenters. The Kier molecular flexibility index (Phi) is 8.66. The second-order valence-electron chi connectivity index (χ2n) is 10.9. The maximum atomic E-state index is 13.5. The number of aromatic nitrogens is 2. The van der Waals surface area contributed by atoms with Crippen LogP contribution in [0.25, 0.3) is 11.3 Å². The van der Waals surface area contributed by atoms with Crippen LogP contribution in [0.3, 0.4) is 0 Å². The second-order valence-corrected chi connectivity index (χ2v) is 10.9. The van der Waals surface area contributed by atoms with Crippen LogP contribution in [0.1, 0.15) is 91.2 Å². The minimum atomic E-state index is -0.0288. The molecule has 1 aromatic heterocycles. The number of fused-ring (bicyclic) bond motifs is 3. The zero-order valence-corrected chi connectivity index (χ0v) is 22.9. The van der Waals surface area contributed by atoms with Gasteiger partial charge in [-0.05, 0) is 62.5 Å². The third-order valence-corrected chi connectivity index (χ3v) is 7.94. The van der Waals surface area contributed by atoms with Gasteiger partial charge in [0.15, 0.2) is 5.69 Å². The first kappa shape index (κ1) is 26.2. The van der Waals surface area contributed by atoms with Crippen LogP contribution in [0.5, 0.6) is 0 Å². The summed E-state index contributed by atoms with van der Waals surface area (Å²) in [7, 11) is 0. The molecule has 0 bridgehead atoms. The molecule has 192 valence electrons. The van der Waals surface area contributed by atoms with Gasteiger partial charge in [-0.25, -0.2) is 0 Å². The highest BCUT2D eigenvalue weighted by molar-refractivity contribution is 5.96. The van der Waals surface area contributed by atoms with E-state index in [1.165, 1.54) is 47.1 Å². The molecule has 1 aliphatic carbocycles. The normalized spacial score (nSPS) is 13.7. The zero-order chi connectivity index (χ0) is 25.7. The first-order chi connectivity index (χ1) is 17.4. The van der Waals surface area contributed by atoms with Crippen molar-refractivity contribution in [2.45, 2.75) is 86.1 Å². The van der Waals surface area contributed by atoms with Crippen molar-refractivity contribution in [2.24, 2.45) is 11.8 Å². The summed E-state index contributed by atoms with van der Waals surface area (Å²) in [5, 5.41) is 8.19. The Balaban J connectivity index is 1.61. The SMILES string of the molecule is CCC(CC)CCC(C)CNC(=O)c1nn(Cc2ccc(C)cc2)c2c1CCCc1cc(C)ccc1-2. The summed E-state index contributed by atoms with van der Waals surface area (Å²) < 4.78 is 2.07. The van der Waals surface area contributed by atoms with Gasteiger partial charge in [-0.2, -0.15) is 5.10 Å². The number of hydrogen-bond acceptors (Lipinski definition) is 2. The molecule has 1 heterocycles. The zero-order valence-electron chi connectivity index (χ0n) is 22.9. The largest absolute Gasteiger partial charge is 0.350 e. The molecule has 4 heteroatoms. The fourth-order valence-electron chi connectivity index (χ4n) is 5.49. The van der Waals surface area contributed by atoms with Gasteiger partial charge in [0.25, 0.3) is 5.91 Å². The molecule has 4 rings (SSSR count). The van der Waals surface area contributed by atoms with Gasteiger partial charge < -0.3 is 5.32 Å². The van der Waals surface area contributed by atoms with Crippen LogP contribution in [0.2, 0.25) is 0 Å². The first-order valence-electron chi connectivity index (χ1n) is 13.9. The highest BCUT2D eigenvalue weighted by atomic mass is 16.1. The number of hydrogen-bond donors (Lipinski definition) is 1. The van der Waals surface area contributed by atoms with Crippen LogP contribution in [0, 0.1) is 25.7 Å². The molecule has 1 N–H and O–H groups in total. The third-order valence-electron chi connectivity index (χ3n) is 7.94. The fourth-order valence-corrected chi connectivity index (χ4v) is 5.49. The number of nitrogens with zero attached hydrogens (tertiary/aromatic N) is 2. The Morgan fingerprint density at radius 3 is 2.44 bits per heavy atom. The van der Waals surface area contributed by atoms with E-state index in [1.54, 1.807) is 0 Å². The minimum Gasteiger partial charge on any atom is -0.350 e. The van der Waals surface area contributed by atoms with E-state index in [0.29, 0.717) is 24.7 Å². The highest BCUT2D eigenvalue weighted by Gasteiger charge is 2.27. The topological polar surface area (TPSA) is 46.9 Å². The van der Waals surface area contributed by atoms with Crippen LogP contribution in [0.15, 0.2) is 42.5 Å². The molecule has 0 radical (unpaired) electrons. The molecular weight excluding hydrogens is 442 g/mol. The molecule has 36 heavy (non-hydrogen) atoms. The van der Waals surface area contributed by atoms with Crippen LogP contribution in [0.4, 0.5) is 0 Å². The molecule has 1 aliphatic rings. The molecule has 0 aliphatic heterocycles. The summed E-state index contributed by atoms with van der Waals surface area (Å²) in [6.45, 7) is 12.4. The number of aryl methyl sites for hydroxylation is 3. The van der Waals surface area contributed by atoms with Gasteiger partial charge in [-0.1, -0.05) is 93.6 Å². The molecule has 0 spiro atoms. The smallest absolute Gasteiger partial charge is 0.272 e. The van der Waals surface area contributed by atoms with E-state index in [-0.39, 0.29) is 5.91 Å². The van der Waals surface area contributed by atoms with Crippen molar-refractivity contribution in [1.82, 2.24) is 15.1 Å². The van der Waals surface area contributed by atoms with Gasteiger partial charge in [-0.3, -0.25) is 9.48 Å². The van der Waals surface area contributed by atoms with Gasteiger partial charge in [0.05, 0.1) is 12.2 Å². The van der Waals surface area contributed by atoms with E-state index >= 15 is 0 Å². The fraction of sp³-hybridized carbons (Fsp3) is 0.500. The van der Waals surface area contributed by atoms with E-state index in [0.717, 1.165) is 42.9 Å². The van der Waals surface area contributed by atoms with Crippen LogP contribution in [-0.2, 0) is 19.4 Å². The molecular formula is C32H43N3O. The lowest BCUT2D eigenvalue weighted by Crippen LogP contribution is -2.29. The molecule has 1 unspecified atom stereocenters. The summed E-state index contributed by atoms with van der Waals surface area (Å²) in [4.78, 5) is 13.5. The maximum Gasteiger partial charge on any atom is 0.272 e. The van der Waals surface area contributed by atoms with E-state index in [2.05, 4.69) is 87.1 Å². The summed E-state index contributed by atoms with van der Waals surface area (Å²) in [6, 6.07) is 15.3. The number of rotatable bonds is 10. The van der Waals surface area contributed by atoms with Crippen molar-refractivity contribution in [2.75, 3.05) is 6.54 Å². The standard InChI is InChI=1S/C32H43N3O/c1-6-25(7-2)15-13-24(5)20-33-32(36)30-29-10-8-9-27-19-23(4)14-18-28(27)31(29)35(34-30)21-26-16-11-22(3)12-17-26/h11-12,14,16-19,24-25H,6-10,13,15,20-21H2,1-5H3,(H,33,36). The lowest BCUT2D eigenvalue weighted by Gasteiger charge is -2.16. The highest BCUT2D eigenvalue weighted by Crippen LogP contribution is 2.35. The van der Waals surface area contributed by atoms with Gasteiger partial charge in [0.2, 0.25) is 0 Å². The number of carbonyl (C=O) groups is 1. The summed E-state index contributed by atoms with van der Waals surface area (Å²) in [5.41, 5.74) is 9.15. The second kappa shape index (κ2) is 11.9. The molecule has 0 saturated heterocycles. The average Bonchev–Trinajstić information content (AvgIpc) is 3.11. The Labute approximate surface area is 217 Å². The van der Waals surface area contributed by atoms with E-state index in [9.17, 15) is 4.79 Å². The van der Waals surface area contributed by atoms with Crippen molar-refractivity contribution in [1.29, 1.82) is 0 Å². The van der Waals surface area contributed by atoms with E-state index in [4.69, 9.17) is 5.10 Å². The minimum absolute atomic E-state index is 0.0288. The van der Waals surface area contributed by atoms with Crippen molar-refractivity contribution >= 4 is 5.91 Å². The van der Waals surface area contributed by atoms with Crippen LogP contribution in [-0.4, -0.2) is 22.2 Å². The molecule has 4 nitrogen and oxygen atoms in total. The van der Waals surface area contributed by atoms with Crippen molar-refractivity contribution < 1.29 is 4.79 Å². The van der Waals surface area contributed by atoms with E-state index in [1.807, 2.05) is 0 Å². The maximum absolute atomic E-state index is 13.5. The summed E-state index contributed by atoms with van der Waals surface area (Å²) in [6.07, 6.45) is 7.81. The van der Waals surface area contributed by atoms with Gasteiger partial charge in [0, 0.05) is 17.7 Å². The number of amides is 1. The Hall–Kier alpha value is -2.88. The number of carbonyl (C=O) groups excluding carboxylic acids is 1. The molecule has 2 aromatic carbocycles. The Morgan fingerprint density at radius 1 is 1.00 bits per heavy atom. The summed E-state index contributed by atoms with van der Waals surface area (Å²) in [5.74, 6) is 1.23. The molecule has 1 amide bonds. The number of nitrogens with one attached hydrogen (secondary N) is 1. The van der Waals surface area contributed by atoms with Crippen molar-refractivity contribution in [3.05, 3.63) is 76.0 Å². The third kappa shape index (κ3) is 6.08.